The smallest absolute Gasteiger partial charge is 0.416 e. The highest BCUT2D eigenvalue weighted by atomic mass is 19.4. The van der Waals surface area contributed by atoms with Gasteiger partial charge in [0, 0.05) is 31.6 Å². The Morgan fingerprint density at radius 1 is 1.05 bits per heavy atom. The molecule has 1 atom stereocenters. The van der Waals surface area contributed by atoms with Crippen molar-refractivity contribution in [2.75, 3.05) is 32.8 Å². The third kappa shape index (κ3) is 9.66. The van der Waals surface area contributed by atoms with E-state index in [0.29, 0.717) is 44.5 Å². The number of phenols is 1. The zero-order chi connectivity index (χ0) is 30.2. The minimum atomic E-state index is -4.45. The molecule has 10 heteroatoms. The number of benzene rings is 2. The lowest BCUT2D eigenvalue weighted by Crippen LogP contribution is -2.44. The van der Waals surface area contributed by atoms with Gasteiger partial charge in [-0.25, -0.2) is 0 Å². The van der Waals surface area contributed by atoms with Crippen LogP contribution in [0.25, 0.3) is 0 Å². The van der Waals surface area contributed by atoms with Crippen LogP contribution in [0.3, 0.4) is 0 Å². The van der Waals surface area contributed by atoms with E-state index in [-0.39, 0.29) is 41.5 Å². The molecule has 0 aliphatic carbocycles. The molecule has 41 heavy (non-hydrogen) atoms. The van der Waals surface area contributed by atoms with Crippen LogP contribution in [-0.2, 0) is 11.0 Å². The molecule has 2 saturated heterocycles. The number of carbonyl (C=O) groups is 1. The number of carbonyl (C=O) groups excluding carboxylic acids is 1. The molecule has 226 valence electrons. The summed E-state index contributed by atoms with van der Waals surface area (Å²) >= 11 is 0. The van der Waals surface area contributed by atoms with E-state index in [1.54, 1.807) is 24.3 Å². The number of para-hydroxylation sites is 1. The Balaban J connectivity index is 0.000000575. The molecular formula is C31H43F3N4O3. The second-order valence-electron chi connectivity index (χ2n) is 11.8. The number of ether oxygens (including phenoxy) is 1. The molecule has 4 N–H and O–H groups in total. The number of nitrogens with two attached hydrogens (primary N) is 1. The zero-order valence-electron chi connectivity index (χ0n) is 24.2. The molecule has 2 aromatic carbocycles. The average Bonchev–Trinajstić information content (AvgIpc) is 3.42. The van der Waals surface area contributed by atoms with Crippen LogP contribution >= 0.6 is 0 Å². The number of halogens is 3. The first-order valence-corrected chi connectivity index (χ1v) is 14.2. The summed E-state index contributed by atoms with van der Waals surface area (Å²) < 4.78 is 45.6. The number of phenolic OH excluding ortho intramolecular Hbond substituents is 1. The van der Waals surface area contributed by atoms with E-state index in [1.807, 2.05) is 11.0 Å². The molecule has 2 aliphatic heterocycles. The number of amides is 1. The predicted molar refractivity (Wildman–Crippen MR) is 154 cm³/mol. The van der Waals surface area contributed by atoms with Crippen molar-refractivity contribution in [1.29, 1.82) is 5.41 Å². The molecular weight excluding hydrogens is 533 g/mol. The number of alkyl halides is 3. The highest BCUT2D eigenvalue weighted by molar-refractivity contribution is 5.79. The maximum Gasteiger partial charge on any atom is 0.416 e. The van der Waals surface area contributed by atoms with Crippen molar-refractivity contribution < 1.29 is 27.8 Å². The molecule has 2 aliphatic rings. The monoisotopic (exact) mass is 576 g/mol. The van der Waals surface area contributed by atoms with E-state index < -0.39 is 11.7 Å². The van der Waals surface area contributed by atoms with Crippen molar-refractivity contribution in [2.24, 2.45) is 11.7 Å². The fourth-order valence-electron chi connectivity index (χ4n) is 5.29. The summed E-state index contributed by atoms with van der Waals surface area (Å²) in [4.78, 5) is 17.4. The fraction of sp³-hybridized carbons (Fsp3) is 0.548. The summed E-state index contributed by atoms with van der Waals surface area (Å²) in [5.74, 6) is 0.823. The standard InChI is InChI=1S/C25H37F3N4O2.C6H6O/c1-24(2,3)32-13-10-18(16-32)23(33)31-11-8-17(9-12-31)20-7-6-19(25(26,27)28)15-21(20)34-14-4-5-22(29)30;7-6-4-2-1-3-5-6/h6-7,15,17-18H,4-5,8-14,16H2,1-3H3,(H3,29,30);1-5,7H. The first-order chi connectivity index (χ1) is 19.3. The van der Waals surface area contributed by atoms with E-state index in [9.17, 15) is 18.0 Å². The van der Waals surface area contributed by atoms with Gasteiger partial charge in [0.05, 0.1) is 23.9 Å². The number of likely N-dealkylation sites (tertiary alicyclic amines) is 2. The van der Waals surface area contributed by atoms with Crippen LogP contribution in [0.5, 0.6) is 11.5 Å². The number of hydrogen-bond acceptors (Lipinski definition) is 5. The predicted octanol–water partition coefficient (Wildman–Crippen LogP) is 6.02. The van der Waals surface area contributed by atoms with Crippen molar-refractivity contribution in [2.45, 2.75) is 70.5 Å². The Bertz CT molecular complexity index is 1140. The van der Waals surface area contributed by atoms with Crippen LogP contribution < -0.4 is 10.5 Å². The number of piperidine rings is 1. The molecule has 2 fully saturated rings. The van der Waals surface area contributed by atoms with Gasteiger partial charge in [0.15, 0.2) is 0 Å². The number of hydrogen-bond donors (Lipinski definition) is 3. The van der Waals surface area contributed by atoms with Gasteiger partial charge in [-0.1, -0.05) is 24.3 Å². The largest absolute Gasteiger partial charge is 0.508 e. The first-order valence-electron chi connectivity index (χ1n) is 14.2. The van der Waals surface area contributed by atoms with Crippen LogP contribution in [0.15, 0.2) is 48.5 Å². The van der Waals surface area contributed by atoms with E-state index in [1.165, 1.54) is 6.07 Å². The number of amidine groups is 1. The molecule has 7 nitrogen and oxygen atoms in total. The van der Waals surface area contributed by atoms with Crippen molar-refractivity contribution >= 4 is 11.7 Å². The fourth-order valence-corrected chi connectivity index (χ4v) is 5.29. The van der Waals surface area contributed by atoms with Crippen LogP contribution in [0, 0.1) is 11.3 Å². The van der Waals surface area contributed by atoms with E-state index >= 15 is 0 Å². The van der Waals surface area contributed by atoms with Gasteiger partial charge < -0.3 is 20.5 Å². The summed E-state index contributed by atoms with van der Waals surface area (Å²) in [6.07, 6.45) is -1.40. The van der Waals surface area contributed by atoms with E-state index in [2.05, 4.69) is 25.7 Å². The molecule has 1 amide bonds. The van der Waals surface area contributed by atoms with E-state index in [0.717, 1.165) is 37.2 Å². The van der Waals surface area contributed by atoms with E-state index in [4.69, 9.17) is 21.0 Å². The van der Waals surface area contributed by atoms with Crippen LogP contribution in [0.2, 0.25) is 0 Å². The second-order valence-corrected chi connectivity index (χ2v) is 11.8. The Labute approximate surface area is 241 Å². The van der Waals surface area contributed by atoms with Gasteiger partial charge in [-0.15, -0.1) is 0 Å². The average molecular weight is 577 g/mol. The highest BCUT2D eigenvalue weighted by Crippen LogP contribution is 2.39. The van der Waals surface area contributed by atoms with Crippen LogP contribution in [-0.4, -0.2) is 65.0 Å². The van der Waals surface area contributed by atoms with Gasteiger partial charge in [-0.05, 0) is 88.7 Å². The maximum atomic E-state index is 13.3. The van der Waals surface area contributed by atoms with Gasteiger partial charge in [-0.2, -0.15) is 13.2 Å². The molecule has 2 aromatic rings. The van der Waals surface area contributed by atoms with Gasteiger partial charge >= 0.3 is 6.18 Å². The molecule has 0 aromatic heterocycles. The molecule has 0 spiro atoms. The van der Waals surface area contributed by atoms with Gasteiger partial charge in [0.25, 0.3) is 0 Å². The number of nitrogens with zero attached hydrogens (tertiary/aromatic N) is 2. The molecule has 1 unspecified atom stereocenters. The van der Waals surface area contributed by atoms with Gasteiger partial charge in [0.2, 0.25) is 5.91 Å². The quantitative estimate of drug-likeness (QED) is 0.213. The Hall–Kier alpha value is -3.27. The van der Waals surface area contributed by atoms with Crippen molar-refractivity contribution in [3.63, 3.8) is 0 Å². The summed E-state index contributed by atoms with van der Waals surface area (Å²) in [7, 11) is 0. The lowest BCUT2D eigenvalue weighted by molar-refractivity contribution is -0.138. The third-order valence-corrected chi connectivity index (χ3v) is 7.68. The Kier molecular flexibility index (Phi) is 11.1. The Morgan fingerprint density at radius 2 is 1.71 bits per heavy atom. The topological polar surface area (TPSA) is 103 Å². The molecule has 4 rings (SSSR count). The lowest BCUT2D eigenvalue weighted by atomic mass is 9.87. The normalized spacial score (nSPS) is 18.5. The minimum absolute atomic E-state index is 0.0158. The maximum absolute atomic E-state index is 13.3. The van der Waals surface area contributed by atoms with Crippen LogP contribution in [0.4, 0.5) is 13.2 Å². The molecule has 0 bridgehead atoms. The zero-order valence-corrected chi connectivity index (χ0v) is 24.2. The molecule has 0 saturated carbocycles. The van der Waals surface area contributed by atoms with Crippen molar-refractivity contribution in [3.8, 4) is 11.5 Å². The number of rotatable bonds is 7. The molecule has 2 heterocycles. The lowest BCUT2D eigenvalue weighted by Gasteiger charge is -2.35. The minimum Gasteiger partial charge on any atom is -0.508 e. The van der Waals surface area contributed by atoms with Crippen LogP contribution in [0.1, 0.15) is 69.9 Å². The first kappa shape index (κ1) is 32.2. The second kappa shape index (κ2) is 14.1. The summed E-state index contributed by atoms with van der Waals surface area (Å²) in [5, 5.41) is 15.9. The van der Waals surface area contributed by atoms with Crippen molar-refractivity contribution in [1.82, 2.24) is 9.80 Å². The van der Waals surface area contributed by atoms with Gasteiger partial charge in [0.1, 0.15) is 11.5 Å². The summed E-state index contributed by atoms with van der Waals surface area (Å²) in [6.45, 7) is 9.57. The number of aromatic hydroxyl groups is 1. The highest BCUT2D eigenvalue weighted by Gasteiger charge is 2.37. The Morgan fingerprint density at radius 3 is 2.22 bits per heavy atom. The summed E-state index contributed by atoms with van der Waals surface area (Å²) in [5.41, 5.74) is 5.41. The summed E-state index contributed by atoms with van der Waals surface area (Å²) in [6, 6.07) is 12.4. The number of nitrogens with one attached hydrogen (secondary N) is 1. The molecule has 0 radical (unpaired) electrons. The SMILES string of the molecule is CC(C)(C)N1CCC(C(=O)N2CCC(c3ccc(C(F)(F)F)cc3OCCCC(=N)N)CC2)C1.Oc1ccccc1. The van der Waals surface area contributed by atoms with Crippen molar-refractivity contribution in [3.05, 3.63) is 59.7 Å². The third-order valence-electron chi connectivity index (χ3n) is 7.68. The van der Waals surface area contributed by atoms with Gasteiger partial charge in [-0.3, -0.25) is 15.1 Å².